The Morgan fingerprint density at radius 2 is 1.94 bits per heavy atom. The fraction of sp³-hybridized carbons (Fsp3) is 0.478. The summed E-state index contributed by atoms with van der Waals surface area (Å²) in [4.78, 5) is 34.4. The Labute approximate surface area is 187 Å². The van der Waals surface area contributed by atoms with Crippen molar-refractivity contribution >= 4 is 34.2 Å². The number of nitrogens with zero attached hydrogens (tertiary/aromatic N) is 4. The van der Waals surface area contributed by atoms with Gasteiger partial charge in [-0.3, -0.25) is 9.59 Å². The zero-order chi connectivity index (χ0) is 22.9. The number of thiophene rings is 1. The molecule has 0 radical (unpaired) electrons. The topological polar surface area (TPSA) is 77.3 Å². The number of amides is 1. The molecule has 3 aromatic heterocycles. The van der Waals surface area contributed by atoms with E-state index in [1.165, 1.54) is 12.0 Å². The van der Waals surface area contributed by atoms with Crippen LogP contribution in [0.5, 0.6) is 0 Å². The summed E-state index contributed by atoms with van der Waals surface area (Å²) in [5, 5.41) is 5.22. The molecule has 3 aromatic rings. The maximum absolute atomic E-state index is 13.6. The third-order valence-corrected chi connectivity index (χ3v) is 6.34. The van der Waals surface area contributed by atoms with Gasteiger partial charge in [0.25, 0.3) is 5.91 Å². The number of pyridine rings is 1. The van der Waals surface area contributed by atoms with Gasteiger partial charge in [0.2, 0.25) is 0 Å². The molecule has 0 saturated heterocycles. The van der Waals surface area contributed by atoms with Crippen molar-refractivity contribution in [3.8, 4) is 11.3 Å². The Morgan fingerprint density at radius 1 is 1.23 bits per heavy atom. The lowest BCUT2D eigenvalue weighted by molar-refractivity contribution is -0.145. The second-order valence-electron chi connectivity index (χ2n) is 8.07. The van der Waals surface area contributed by atoms with E-state index >= 15 is 0 Å². The predicted octanol–water partition coefficient (Wildman–Crippen LogP) is 4.63. The Bertz CT molecular complexity index is 1120. The molecule has 7 nitrogen and oxygen atoms in total. The number of methoxy groups -OCH3 is 1. The van der Waals surface area contributed by atoms with Gasteiger partial charge in [-0.15, -0.1) is 11.3 Å². The van der Waals surface area contributed by atoms with Crippen LogP contribution >= 0.6 is 11.3 Å². The third-order valence-electron chi connectivity index (χ3n) is 5.37. The highest BCUT2D eigenvalue weighted by Gasteiger charge is 2.25. The second-order valence-corrected chi connectivity index (χ2v) is 9.53. The van der Waals surface area contributed by atoms with Crippen LogP contribution in [-0.2, 0) is 9.53 Å². The Balaban J connectivity index is 2.14. The highest BCUT2D eigenvalue weighted by atomic mass is 32.1. The van der Waals surface area contributed by atoms with Crippen molar-refractivity contribution in [1.82, 2.24) is 19.7 Å². The van der Waals surface area contributed by atoms with E-state index < -0.39 is 5.92 Å². The Kier molecular flexibility index (Phi) is 6.79. The highest BCUT2D eigenvalue weighted by molar-refractivity contribution is 7.12. The van der Waals surface area contributed by atoms with Crippen LogP contribution in [0.15, 0.2) is 18.3 Å². The van der Waals surface area contributed by atoms with Crippen molar-refractivity contribution in [2.24, 2.45) is 5.92 Å². The van der Waals surface area contributed by atoms with E-state index in [0.717, 1.165) is 21.5 Å². The van der Waals surface area contributed by atoms with Gasteiger partial charge < -0.3 is 9.64 Å². The zero-order valence-electron chi connectivity index (χ0n) is 19.2. The van der Waals surface area contributed by atoms with Crippen LogP contribution in [-0.4, -0.2) is 51.7 Å². The third kappa shape index (κ3) is 4.49. The number of esters is 1. The molecule has 0 spiro atoms. The largest absolute Gasteiger partial charge is 0.469 e. The number of aromatic nitrogens is 3. The van der Waals surface area contributed by atoms with Gasteiger partial charge in [0.05, 0.1) is 35.9 Å². The van der Waals surface area contributed by atoms with E-state index in [0.29, 0.717) is 17.8 Å². The van der Waals surface area contributed by atoms with E-state index in [1.807, 2.05) is 31.5 Å². The van der Waals surface area contributed by atoms with Gasteiger partial charge in [-0.1, -0.05) is 6.92 Å². The first-order valence-corrected chi connectivity index (χ1v) is 11.3. The van der Waals surface area contributed by atoms with Crippen LogP contribution in [0.2, 0.25) is 0 Å². The van der Waals surface area contributed by atoms with Crippen LogP contribution in [0.3, 0.4) is 0 Å². The quantitative estimate of drug-likeness (QED) is 0.499. The fourth-order valence-electron chi connectivity index (χ4n) is 3.73. The van der Waals surface area contributed by atoms with Crippen LogP contribution in [0.25, 0.3) is 22.3 Å². The number of fused-ring (bicyclic) bond motifs is 1. The minimum Gasteiger partial charge on any atom is -0.469 e. The van der Waals surface area contributed by atoms with E-state index in [4.69, 9.17) is 9.72 Å². The molecular weight excluding hydrogens is 412 g/mol. The average Bonchev–Trinajstić information content (AvgIpc) is 3.32. The first kappa shape index (κ1) is 22.9. The van der Waals surface area contributed by atoms with E-state index in [9.17, 15) is 9.59 Å². The average molecular weight is 443 g/mol. The fourth-order valence-corrected chi connectivity index (χ4v) is 4.66. The monoisotopic (exact) mass is 442 g/mol. The smallest absolute Gasteiger partial charge is 0.310 e. The SMILES string of the molecule is CCN(CC(C)C(=O)OC)C(=O)c1cc(-c2cc(C)sc2C)nc2c1cnn2C(C)C. The molecule has 1 unspecified atom stereocenters. The molecule has 1 amide bonds. The molecule has 3 heterocycles. The molecule has 0 aliphatic carbocycles. The molecule has 0 fully saturated rings. The number of aryl methyl sites for hydroxylation is 2. The summed E-state index contributed by atoms with van der Waals surface area (Å²) >= 11 is 1.71. The molecule has 8 heteroatoms. The molecular formula is C23H30N4O3S. The number of rotatable bonds is 7. The molecule has 0 N–H and O–H groups in total. The van der Waals surface area contributed by atoms with Gasteiger partial charge in [0.1, 0.15) is 0 Å². The van der Waals surface area contributed by atoms with Gasteiger partial charge >= 0.3 is 5.97 Å². The summed E-state index contributed by atoms with van der Waals surface area (Å²) in [5.41, 5.74) is 3.03. The summed E-state index contributed by atoms with van der Waals surface area (Å²) in [6, 6.07) is 4.07. The minimum atomic E-state index is -0.411. The van der Waals surface area contributed by atoms with Gasteiger partial charge in [-0.25, -0.2) is 9.67 Å². The van der Waals surface area contributed by atoms with Crippen molar-refractivity contribution < 1.29 is 14.3 Å². The first-order valence-electron chi connectivity index (χ1n) is 10.5. The van der Waals surface area contributed by atoms with Crippen molar-refractivity contribution in [2.75, 3.05) is 20.2 Å². The van der Waals surface area contributed by atoms with Crippen LogP contribution in [0.1, 0.15) is 53.8 Å². The second kappa shape index (κ2) is 9.18. The number of hydrogen-bond donors (Lipinski definition) is 0. The van der Waals surface area contributed by atoms with Gasteiger partial charge in [0.15, 0.2) is 5.65 Å². The summed E-state index contributed by atoms with van der Waals surface area (Å²) in [7, 11) is 1.36. The van der Waals surface area contributed by atoms with Crippen molar-refractivity contribution in [3.05, 3.63) is 33.6 Å². The Morgan fingerprint density at radius 3 is 2.48 bits per heavy atom. The van der Waals surface area contributed by atoms with Crippen molar-refractivity contribution in [2.45, 2.75) is 47.6 Å². The zero-order valence-corrected chi connectivity index (χ0v) is 20.0. The van der Waals surface area contributed by atoms with Crippen molar-refractivity contribution in [1.29, 1.82) is 0 Å². The molecule has 166 valence electrons. The van der Waals surface area contributed by atoms with Crippen molar-refractivity contribution in [3.63, 3.8) is 0 Å². The maximum atomic E-state index is 13.6. The normalized spacial score (nSPS) is 12.4. The number of ether oxygens (including phenoxy) is 1. The van der Waals surface area contributed by atoms with E-state index in [-0.39, 0.29) is 24.5 Å². The number of carbonyl (C=O) groups excluding carboxylic acids is 2. The number of carbonyl (C=O) groups is 2. The molecule has 1 atom stereocenters. The van der Waals surface area contributed by atoms with E-state index in [1.54, 1.807) is 29.4 Å². The maximum Gasteiger partial charge on any atom is 0.310 e. The summed E-state index contributed by atoms with van der Waals surface area (Å²) in [6.07, 6.45) is 1.71. The molecule has 0 aromatic carbocycles. The summed E-state index contributed by atoms with van der Waals surface area (Å²) in [5.74, 6) is -0.880. The molecule has 0 aliphatic rings. The van der Waals surface area contributed by atoms with Gasteiger partial charge in [-0.2, -0.15) is 5.10 Å². The van der Waals surface area contributed by atoms with Crippen LogP contribution < -0.4 is 0 Å². The van der Waals surface area contributed by atoms with Crippen LogP contribution in [0, 0.1) is 19.8 Å². The minimum absolute atomic E-state index is 0.107. The summed E-state index contributed by atoms with van der Waals surface area (Å²) in [6.45, 7) is 12.7. The van der Waals surface area contributed by atoms with Crippen LogP contribution in [0.4, 0.5) is 0 Å². The lowest BCUT2D eigenvalue weighted by Gasteiger charge is -2.24. The predicted molar refractivity (Wildman–Crippen MR) is 123 cm³/mol. The lowest BCUT2D eigenvalue weighted by Crippen LogP contribution is -2.37. The molecule has 0 saturated carbocycles. The van der Waals surface area contributed by atoms with E-state index in [2.05, 4.69) is 25.0 Å². The highest BCUT2D eigenvalue weighted by Crippen LogP contribution is 2.33. The lowest BCUT2D eigenvalue weighted by atomic mass is 10.1. The molecule has 3 rings (SSSR count). The number of hydrogen-bond acceptors (Lipinski definition) is 6. The molecule has 0 bridgehead atoms. The standard InChI is InChI=1S/C23H30N4O3S/c1-8-26(12-14(4)23(29)30-7)22(28)18-10-20(17-9-15(5)31-16(17)6)25-21-19(18)11-24-27(21)13(2)3/h9-11,13-14H,8,12H2,1-7H3. The molecule has 0 aliphatic heterocycles. The molecule has 31 heavy (non-hydrogen) atoms. The Hall–Kier alpha value is -2.74. The first-order chi connectivity index (χ1) is 14.7. The summed E-state index contributed by atoms with van der Waals surface area (Å²) < 4.78 is 6.68. The van der Waals surface area contributed by atoms with Gasteiger partial charge in [-0.05, 0) is 46.8 Å². The van der Waals surface area contributed by atoms with Gasteiger partial charge in [0, 0.05) is 34.4 Å².